The highest BCUT2D eigenvalue weighted by molar-refractivity contribution is 5.28. The molecule has 2 heteroatoms. The molecular weight excluding hydrogens is 258 g/mol. The fourth-order valence-electron chi connectivity index (χ4n) is 3.99. The number of phenols is 1. The van der Waals surface area contributed by atoms with E-state index in [0.717, 1.165) is 18.9 Å². The number of rotatable bonds is 7. The summed E-state index contributed by atoms with van der Waals surface area (Å²) < 4.78 is 0. The molecule has 1 aromatic carbocycles. The van der Waals surface area contributed by atoms with Crippen molar-refractivity contribution in [2.24, 2.45) is 11.3 Å². The third kappa shape index (κ3) is 4.47. The van der Waals surface area contributed by atoms with Gasteiger partial charge in [-0.15, -0.1) is 0 Å². The van der Waals surface area contributed by atoms with E-state index in [2.05, 4.69) is 26.1 Å². The summed E-state index contributed by atoms with van der Waals surface area (Å²) in [7, 11) is 0. The van der Waals surface area contributed by atoms with Crippen LogP contribution in [0.4, 0.5) is 0 Å². The van der Waals surface area contributed by atoms with Gasteiger partial charge in [-0.3, -0.25) is 0 Å². The second kappa shape index (κ2) is 7.31. The Labute approximate surface area is 130 Å². The number of benzene rings is 1. The molecule has 0 aromatic heterocycles. The quantitative estimate of drug-likeness (QED) is 0.737. The van der Waals surface area contributed by atoms with Crippen LogP contribution < -0.4 is 5.32 Å². The summed E-state index contributed by atoms with van der Waals surface area (Å²) in [6.45, 7) is 8.05. The summed E-state index contributed by atoms with van der Waals surface area (Å²) in [6, 6.07) is 8.06. The Morgan fingerprint density at radius 2 is 1.76 bits per heavy atom. The van der Waals surface area contributed by atoms with E-state index >= 15 is 0 Å². The van der Waals surface area contributed by atoms with Crippen LogP contribution in [0.2, 0.25) is 0 Å². The van der Waals surface area contributed by atoms with Gasteiger partial charge in [0.05, 0.1) is 0 Å². The zero-order valence-electron chi connectivity index (χ0n) is 13.9. The first-order valence-electron chi connectivity index (χ1n) is 8.57. The molecule has 0 saturated heterocycles. The molecule has 2 nitrogen and oxygen atoms in total. The summed E-state index contributed by atoms with van der Waals surface area (Å²) >= 11 is 0. The Morgan fingerprint density at radius 1 is 1.14 bits per heavy atom. The van der Waals surface area contributed by atoms with Gasteiger partial charge in [0.2, 0.25) is 0 Å². The molecule has 0 spiro atoms. The van der Waals surface area contributed by atoms with E-state index in [-0.39, 0.29) is 0 Å². The number of hydrogen-bond donors (Lipinski definition) is 2. The molecule has 0 heterocycles. The maximum Gasteiger partial charge on any atom is 0.115 e. The van der Waals surface area contributed by atoms with Crippen molar-refractivity contribution in [3.05, 3.63) is 29.8 Å². The monoisotopic (exact) mass is 289 g/mol. The minimum atomic E-state index is 0.348. The lowest BCUT2D eigenvalue weighted by molar-refractivity contribution is 0.214. The predicted molar refractivity (Wildman–Crippen MR) is 89.5 cm³/mol. The first-order valence-corrected chi connectivity index (χ1v) is 8.57. The summed E-state index contributed by atoms with van der Waals surface area (Å²) in [6.07, 6.45) is 7.97. The summed E-state index contributed by atoms with van der Waals surface area (Å²) in [4.78, 5) is 0. The third-order valence-corrected chi connectivity index (χ3v) is 4.93. The topological polar surface area (TPSA) is 32.3 Å². The molecule has 1 fully saturated rings. The van der Waals surface area contributed by atoms with Crippen LogP contribution in [-0.2, 0) is 0 Å². The van der Waals surface area contributed by atoms with E-state index in [4.69, 9.17) is 0 Å². The van der Waals surface area contributed by atoms with Crippen molar-refractivity contribution < 1.29 is 5.11 Å². The molecule has 0 amide bonds. The average Bonchev–Trinajstić information content (AvgIpc) is 2.89. The highest BCUT2D eigenvalue weighted by Gasteiger charge is 2.34. The van der Waals surface area contributed by atoms with Crippen molar-refractivity contribution >= 4 is 0 Å². The van der Waals surface area contributed by atoms with E-state index in [1.807, 2.05) is 12.1 Å². The Balaban J connectivity index is 1.99. The Bertz CT molecular complexity index is 418. The van der Waals surface area contributed by atoms with Gasteiger partial charge < -0.3 is 10.4 Å². The van der Waals surface area contributed by atoms with Crippen molar-refractivity contribution in [1.82, 2.24) is 5.32 Å². The fourth-order valence-corrected chi connectivity index (χ4v) is 3.99. The van der Waals surface area contributed by atoms with Gasteiger partial charge >= 0.3 is 0 Å². The Hall–Kier alpha value is -1.02. The van der Waals surface area contributed by atoms with E-state index in [9.17, 15) is 5.11 Å². The molecule has 21 heavy (non-hydrogen) atoms. The van der Waals surface area contributed by atoms with Crippen molar-refractivity contribution in [2.75, 3.05) is 6.54 Å². The molecular formula is C19H31NO. The van der Waals surface area contributed by atoms with Crippen molar-refractivity contribution in [3.63, 3.8) is 0 Å². The van der Waals surface area contributed by atoms with E-state index < -0.39 is 0 Å². The van der Waals surface area contributed by atoms with Crippen LogP contribution in [0, 0.1) is 11.3 Å². The molecule has 0 radical (unpaired) electrons. The van der Waals surface area contributed by atoms with Crippen LogP contribution in [0.3, 0.4) is 0 Å². The molecule has 1 aliphatic carbocycles. The molecule has 118 valence electrons. The van der Waals surface area contributed by atoms with Crippen LogP contribution in [0.5, 0.6) is 5.75 Å². The maximum absolute atomic E-state index is 9.43. The number of phenolic OH excluding ortho intramolecular Hbond substituents is 1. The number of aromatic hydroxyl groups is 1. The van der Waals surface area contributed by atoms with Gasteiger partial charge in [0, 0.05) is 12.6 Å². The van der Waals surface area contributed by atoms with Gasteiger partial charge in [0.25, 0.3) is 0 Å². The minimum absolute atomic E-state index is 0.348. The van der Waals surface area contributed by atoms with Crippen LogP contribution >= 0.6 is 0 Å². The van der Waals surface area contributed by atoms with Gasteiger partial charge in [-0.2, -0.15) is 0 Å². The molecule has 2 rings (SSSR count). The molecule has 1 atom stereocenters. The molecule has 2 N–H and O–H groups in total. The lowest BCUT2D eigenvalue weighted by atomic mass is 9.78. The van der Waals surface area contributed by atoms with Crippen molar-refractivity contribution in [2.45, 2.75) is 65.3 Å². The maximum atomic E-state index is 9.43. The number of nitrogens with one attached hydrogen (secondary N) is 1. The second-order valence-corrected chi connectivity index (χ2v) is 7.24. The second-order valence-electron chi connectivity index (χ2n) is 7.24. The van der Waals surface area contributed by atoms with E-state index in [1.165, 1.54) is 37.7 Å². The van der Waals surface area contributed by atoms with Crippen molar-refractivity contribution in [3.8, 4) is 5.75 Å². The minimum Gasteiger partial charge on any atom is -0.508 e. The molecule has 1 aromatic rings. The Kier molecular flexibility index (Phi) is 5.69. The highest BCUT2D eigenvalue weighted by Crippen LogP contribution is 2.43. The normalized spacial score (nSPS) is 19.0. The van der Waals surface area contributed by atoms with E-state index in [0.29, 0.717) is 17.2 Å². The highest BCUT2D eigenvalue weighted by atomic mass is 16.3. The average molecular weight is 289 g/mol. The van der Waals surface area contributed by atoms with Crippen LogP contribution in [-0.4, -0.2) is 11.7 Å². The molecule has 0 aliphatic heterocycles. The first-order chi connectivity index (χ1) is 10.0. The standard InChI is InChI=1S/C19H31NO/c1-4-18(16-7-9-17(21)10-8-16)20-14-19(13-15(2)3)11-5-6-12-19/h7-10,15,18,20-21H,4-6,11-14H2,1-3H3. The summed E-state index contributed by atoms with van der Waals surface area (Å²) in [5, 5.41) is 13.2. The summed E-state index contributed by atoms with van der Waals surface area (Å²) in [5.41, 5.74) is 1.80. The van der Waals surface area contributed by atoms with Crippen molar-refractivity contribution in [1.29, 1.82) is 0 Å². The smallest absolute Gasteiger partial charge is 0.115 e. The Morgan fingerprint density at radius 3 is 2.29 bits per heavy atom. The SMILES string of the molecule is CCC(NCC1(CC(C)C)CCCC1)c1ccc(O)cc1. The predicted octanol–water partition coefficient (Wildman–Crippen LogP) is 5.04. The van der Waals surface area contributed by atoms with Gasteiger partial charge in [0.15, 0.2) is 0 Å². The largest absolute Gasteiger partial charge is 0.508 e. The summed E-state index contributed by atoms with van der Waals surface area (Å²) in [5.74, 6) is 1.12. The molecule has 1 saturated carbocycles. The zero-order valence-corrected chi connectivity index (χ0v) is 13.9. The third-order valence-electron chi connectivity index (χ3n) is 4.93. The van der Waals surface area contributed by atoms with Crippen LogP contribution in [0.15, 0.2) is 24.3 Å². The van der Waals surface area contributed by atoms with Gasteiger partial charge in [-0.1, -0.05) is 45.7 Å². The first kappa shape index (κ1) is 16.4. The molecule has 1 aliphatic rings. The van der Waals surface area contributed by atoms with Gasteiger partial charge in [0.1, 0.15) is 5.75 Å². The number of hydrogen-bond acceptors (Lipinski definition) is 2. The van der Waals surface area contributed by atoms with Crippen LogP contribution in [0.25, 0.3) is 0 Å². The lowest BCUT2D eigenvalue weighted by Gasteiger charge is -2.33. The van der Waals surface area contributed by atoms with E-state index in [1.54, 1.807) is 12.1 Å². The fraction of sp³-hybridized carbons (Fsp3) is 0.684. The molecule has 0 bridgehead atoms. The zero-order chi connectivity index (χ0) is 15.3. The van der Waals surface area contributed by atoms with Crippen LogP contribution in [0.1, 0.15) is 70.9 Å². The molecule has 1 unspecified atom stereocenters. The lowest BCUT2D eigenvalue weighted by Crippen LogP contribution is -2.35. The van der Waals surface area contributed by atoms with Gasteiger partial charge in [-0.05, 0) is 54.7 Å². The van der Waals surface area contributed by atoms with Gasteiger partial charge in [-0.25, -0.2) is 0 Å².